The number of anilines is 1. The minimum atomic E-state index is -0.583. The van der Waals surface area contributed by atoms with E-state index < -0.39 is 11.8 Å². The number of hydrogen-bond donors (Lipinski definition) is 1. The predicted octanol–water partition coefficient (Wildman–Crippen LogP) is 2.92. The molecule has 2 aromatic rings. The van der Waals surface area contributed by atoms with Crippen molar-refractivity contribution in [2.75, 3.05) is 5.73 Å². The van der Waals surface area contributed by atoms with E-state index in [0.29, 0.717) is 15.7 Å². The van der Waals surface area contributed by atoms with Crippen LogP contribution in [0, 0.1) is 5.82 Å². The Morgan fingerprint density at radius 2 is 2.16 bits per heavy atom. The van der Waals surface area contributed by atoms with E-state index in [9.17, 15) is 9.18 Å². The number of ether oxygens (including phenoxy) is 1. The number of esters is 1. The fraction of sp³-hybridized carbons (Fsp3) is 0.0769. The molecule has 0 atom stereocenters. The second kappa shape index (κ2) is 5.79. The lowest BCUT2D eigenvalue weighted by Crippen LogP contribution is -2.07. The Morgan fingerprint density at radius 3 is 2.79 bits per heavy atom. The van der Waals surface area contributed by atoms with Crippen LogP contribution in [0.3, 0.4) is 0 Å². The minimum Gasteiger partial charge on any atom is -0.456 e. The highest BCUT2D eigenvalue weighted by atomic mass is 79.9. The molecule has 2 N–H and O–H groups in total. The Balaban J connectivity index is 2.02. The van der Waals surface area contributed by atoms with Gasteiger partial charge < -0.3 is 10.5 Å². The van der Waals surface area contributed by atoms with Gasteiger partial charge in [-0.2, -0.15) is 0 Å². The van der Waals surface area contributed by atoms with Gasteiger partial charge in [0.05, 0.1) is 11.9 Å². The van der Waals surface area contributed by atoms with Crippen molar-refractivity contribution in [2.45, 2.75) is 6.61 Å². The molecule has 0 amide bonds. The van der Waals surface area contributed by atoms with Crippen LogP contribution in [0.1, 0.15) is 16.1 Å². The van der Waals surface area contributed by atoms with E-state index in [0.717, 1.165) is 0 Å². The van der Waals surface area contributed by atoms with Crippen LogP contribution >= 0.6 is 15.9 Å². The van der Waals surface area contributed by atoms with Crippen molar-refractivity contribution >= 4 is 27.6 Å². The molecule has 98 valence electrons. The molecule has 1 aromatic heterocycles. The molecule has 0 unspecified atom stereocenters. The molecule has 0 aliphatic rings. The Bertz CT molecular complexity index is 582. The summed E-state index contributed by atoms with van der Waals surface area (Å²) in [5, 5.41) is 0. The van der Waals surface area contributed by atoms with E-state index in [1.165, 1.54) is 24.4 Å². The largest absolute Gasteiger partial charge is 0.456 e. The maximum absolute atomic E-state index is 13.1. The molecular formula is C13H10BrFN2O2. The van der Waals surface area contributed by atoms with Gasteiger partial charge in [-0.05, 0) is 35.9 Å². The monoisotopic (exact) mass is 324 g/mol. The molecule has 1 heterocycles. The zero-order valence-electron chi connectivity index (χ0n) is 9.77. The van der Waals surface area contributed by atoms with Crippen LogP contribution in [0.25, 0.3) is 0 Å². The lowest BCUT2D eigenvalue weighted by Gasteiger charge is -2.05. The van der Waals surface area contributed by atoms with Gasteiger partial charge in [-0.1, -0.05) is 15.9 Å². The van der Waals surface area contributed by atoms with Gasteiger partial charge in [-0.3, -0.25) is 0 Å². The van der Waals surface area contributed by atoms with Crippen LogP contribution in [0.15, 0.2) is 41.0 Å². The van der Waals surface area contributed by atoms with E-state index >= 15 is 0 Å². The van der Waals surface area contributed by atoms with Crippen molar-refractivity contribution in [3.05, 3.63) is 58.1 Å². The number of carbonyl (C=O) groups is 1. The van der Waals surface area contributed by atoms with Crippen LogP contribution in [0.4, 0.5) is 10.1 Å². The average molecular weight is 325 g/mol. The summed E-state index contributed by atoms with van der Waals surface area (Å²) in [5.41, 5.74) is 6.64. The molecule has 0 aliphatic heterocycles. The summed E-state index contributed by atoms with van der Waals surface area (Å²) in [4.78, 5) is 15.5. The SMILES string of the molecule is Nc1ccc(C(=O)OCc2cc(F)cc(Br)c2)nc1. The first kappa shape index (κ1) is 13.5. The Kier molecular flexibility index (Phi) is 4.11. The molecule has 0 spiro atoms. The topological polar surface area (TPSA) is 65.2 Å². The molecule has 6 heteroatoms. The molecule has 0 radical (unpaired) electrons. The molecule has 0 saturated carbocycles. The highest BCUT2D eigenvalue weighted by Gasteiger charge is 2.09. The van der Waals surface area contributed by atoms with Crippen LogP contribution in [0.2, 0.25) is 0 Å². The number of rotatable bonds is 3. The Labute approximate surface area is 117 Å². The third kappa shape index (κ3) is 3.75. The summed E-state index contributed by atoms with van der Waals surface area (Å²) in [7, 11) is 0. The normalized spacial score (nSPS) is 10.2. The number of nitrogens with two attached hydrogens (primary N) is 1. The summed E-state index contributed by atoms with van der Waals surface area (Å²) in [6, 6.07) is 7.33. The van der Waals surface area contributed by atoms with E-state index in [2.05, 4.69) is 20.9 Å². The van der Waals surface area contributed by atoms with Crippen LogP contribution < -0.4 is 5.73 Å². The van der Waals surface area contributed by atoms with Gasteiger partial charge in [0.1, 0.15) is 18.1 Å². The van der Waals surface area contributed by atoms with Crippen LogP contribution in [-0.2, 0) is 11.3 Å². The molecule has 0 fully saturated rings. The van der Waals surface area contributed by atoms with Gasteiger partial charge in [0.25, 0.3) is 0 Å². The summed E-state index contributed by atoms with van der Waals surface area (Å²) >= 11 is 3.17. The van der Waals surface area contributed by atoms with Gasteiger partial charge in [-0.25, -0.2) is 14.2 Å². The predicted molar refractivity (Wildman–Crippen MR) is 71.9 cm³/mol. The molecule has 1 aromatic carbocycles. The standard InChI is InChI=1S/C13H10BrFN2O2/c14-9-3-8(4-10(15)5-9)7-19-13(18)12-2-1-11(16)6-17-12/h1-6H,7,16H2. The average Bonchev–Trinajstić information content (AvgIpc) is 2.36. The van der Waals surface area contributed by atoms with Crippen LogP contribution in [0.5, 0.6) is 0 Å². The number of hydrogen-bond acceptors (Lipinski definition) is 4. The zero-order valence-corrected chi connectivity index (χ0v) is 11.4. The molecule has 2 rings (SSSR count). The summed E-state index contributed by atoms with van der Waals surface area (Å²) < 4.78 is 18.7. The van der Waals surface area contributed by atoms with Gasteiger partial charge >= 0.3 is 5.97 Å². The molecule has 19 heavy (non-hydrogen) atoms. The minimum absolute atomic E-state index is 0.0265. The first-order valence-electron chi connectivity index (χ1n) is 5.38. The number of nitrogen functional groups attached to an aromatic ring is 1. The maximum atomic E-state index is 13.1. The fourth-order valence-electron chi connectivity index (χ4n) is 1.44. The van der Waals surface area contributed by atoms with Crippen molar-refractivity contribution in [1.82, 2.24) is 4.98 Å². The van der Waals surface area contributed by atoms with Crippen molar-refractivity contribution < 1.29 is 13.9 Å². The van der Waals surface area contributed by atoms with E-state index in [-0.39, 0.29) is 12.3 Å². The maximum Gasteiger partial charge on any atom is 0.357 e. The van der Waals surface area contributed by atoms with Gasteiger partial charge in [0, 0.05) is 4.47 Å². The second-order valence-electron chi connectivity index (χ2n) is 3.83. The second-order valence-corrected chi connectivity index (χ2v) is 4.75. The van der Waals surface area contributed by atoms with Crippen molar-refractivity contribution in [3.63, 3.8) is 0 Å². The third-order valence-corrected chi connectivity index (χ3v) is 2.75. The highest BCUT2D eigenvalue weighted by Crippen LogP contribution is 2.16. The highest BCUT2D eigenvalue weighted by molar-refractivity contribution is 9.10. The van der Waals surface area contributed by atoms with E-state index in [1.807, 2.05) is 0 Å². The number of halogens is 2. The van der Waals surface area contributed by atoms with E-state index in [4.69, 9.17) is 10.5 Å². The first-order chi connectivity index (χ1) is 9.04. The number of pyridine rings is 1. The number of aromatic nitrogens is 1. The molecule has 0 saturated heterocycles. The van der Waals surface area contributed by atoms with Crippen molar-refractivity contribution in [1.29, 1.82) is 0 Å². The zero-order chi connectivity index (χ0) is 13.8. The lowest BCUT2D eigenvalue weighted by atomic mass is 10.2. The first-order valence-corrected chi connectivity index (χ1v) is 6.17. The van der Waals surface area contributed by atoms with Gasteiger partial charge in [0.15, 0.2) is 0 Å². The van der Waals surface area contributed by atoms with Gasteiger partial charge in [-0.15, -0.1) is 0 Å². The summed E-state index contributed by atoms with van der Waals surface area (Å²) in [6.45, 7) is -0.0265. The number of nitrogens with zero attached hydrogens (tertiary/aromatic N) is 1. The molecule has 0 aliphatic carbocycles. The van der Waals surface area contributed by atoms with E-state index in [1.54, 1.807) is 12.1 Å². The van der Waals surface area contributed by atoms with Crippen LogP contribution in [-0.4, -0.2) is 11.0 Å². The molecular weight excluding hydrogens is 315 g/mol. The number of benzene rings is 1. The molecule has 4 nitrogen and oxygen atoms in total. The fourth-order valence-corrected chi connectivity index (χ4v) is 1.96. The van der Waals surface area contributed by atoms with Crippen molar-refractivity contribution in [3.8, 4) is 0 Å². The lowest BCUT2D eigenvalue weighted by molar-refractivity contribution is 0.0465. The molecule has 0 bridgehead atoms. The smallest absolute Gasteiger partial charge is 0.357 e. The van der Waals surface area contributed by atoms with Gasteiger partial charge in [0.2, 0.25) is 0 Å². The Hall–Kier alpha value is -1.95. The number of carbonyl (C=O) groups excluding carboxylic acids is 1. The van der Waals surface area contributed by atoms with Crippen molar-refractivity contribution in [2.24, 2.45) is 0 Å². The summed E-state index contributed by atoms with van der Waals surface area (Å²) in [6.07, 6.45) is 1.37. The quantitative estimate of drug-likeness (QED) is 0.881. The Morgan fingerprint density at radius 1 is 1.37 bits per heavy atom. The summed E-state index contributed by atoms with van der Waals surface area (Å²) in [5.74, 6) is -0.980. The third-order valence-electron chi connectivity index (χ3n) is 2.29.